The van der Waals surface area contributed by atoms with Crippen LogP contribution in [0.15, 0.2) is 66.9 Å². The molecule has 3 rings (SSSR count). The molecule has 1 heterocycles. The van der Waals surface area contributed by atoms with Crippen LogP contribution in [0.4, 0.5) is 19.0 Å². The number of carbonyl (C=O) groups excluding carboxylic acids is 2. The quantitative estimate of drug-likeness (QED) is 0.568. The average Bonchev–Trinajstić information content (AvgIpc) is 3.18. The molecule has 1 amide bonds. The average molecular weight is 431 g/mol. The van der Waals surface area contributed by atoms with Crippen LogP contribution in [0.25, 0.3) is 0 Å². The van der Waals surface area contributed by atoms with E-state index in [2.05, 4.69) is 10.4 Å². The van der Waals surface area contributed by atoms with Gasteiger partial charge in [-0.25, -0.2) is 0 Å². The minimum Gasteiger partial charge on any atom is -0.469 e. The van der Waals surface area contributed by atoms with Crippen molar-refractivity contribution in [2.45, 2.75) is 25.1 Å². The molecule has 0 saturated carbocycles. The van der Waals surface area contributed by atoms with E-state index in [-0.39, 0.29) is 12.0 Å². The number of carbonyl (C=O) groups is 2. The van der Waals surface area contributed by atoms with Crippen molar-refractivity contribution in [2.24, 2.45) is 0 Å². The number of esters is 1. The van der Waals surface area contributed by atoms with Crippen molar-refractivity contribution in [3.63, 3.8) is 0 Å². The Hall–Kier alpha value is -3.62. The third-order valence-corrected chi connectivity index (χ3v) is 4.61. The van der Waals surface area contributed by atoms with Crippen molar-refractivity contribution in [1.82, 2.24) is 9.78 Å². The Labute approximate surface area is 176 Å². The van der Waals surface area contributed by atoms with E-state index < -0.39 is 29.5 Å². The van der Waals surface area contributed by atoms with E-state index in [1.54, 1.807) is 16.9 Å². The topological polar surface area (TPSA) is 73.2 Å². The third kappa shape index (κ3) is 5.94. The summed E-state index contributed by atoms with van der Waals surface area (Å²) in [6.07, 6.45) is -3.09. The maximum Gasteiger partial charge on any atom is 0.416 e. The number of alkyl halides is 3. The van der Waals surface area contributed by atoms with Crippen molar-refractivity contribution in [2.75, 3.05) is 12.4 Å². The SMILES string of the molecule is COC(=O)C(CC(=O)Nc1ccn(Cc2ccccc2)n1)c1ccc(C(F)(F)F)cc1. The molecule has 0 fully saturated rings. The standard InChI is InChI=1S/C22H20F3N3O3/c1-31-21(30)18(16-7-9-17(10-8-16)22(23,24)25)13-20(29)26-19-11-12-28(27-19)14-15-5-3-2-4-6-15/h2-12,18H,13-14H2,1H3,(H,26,27,29). The summed E-state index contributed by atoms with van der Waals surface area (Å²) in [5.41, 5.74) is 0.453. The Morgan fingerprint density at radius 2 is 1.74 bits per heavy atom. The van der Waals surface area contributed by atoms with Crippen LogP contribution in [0.3, 0.4) is 0 Å². The molecule has 6 nitrogen and oxygen atoms in total. The Balaban J connectivity index is 1.67. The Morgan fingerprint density at radius 1 is 1.06 bits per heavy atom. The van der Waals surface area contributed by atoms with Crippen molar-refractivity contribution >= 4 is 17.7 Å². The molecular formula is C22H20F3N3O3. The number of aromatic nitrogens is 2. The zero-order valence-electron chi connectivity index (χ0n) is 16.6. The summed E-state index contributed by atoms with van der Waals surface area (Å²) in [6.45, 7) is 0.521. The van der Waals surface area contributed by atoms with Gasteiger partial charge in [-0.1, -0.05) is 42.5 Å². The smallest absolute Gasteiger partial charge is 0.416 e. The molecule has 0 spiro atoms. The number of nitrogens with one attached hydrogen (secondary N) is 1. The lowest BCUT2D eigenvalue weighted by molar-refractivity contribution is -0.143. The van der Waals surface area contributed by atoms with Gasteiger partial charge in [-0.2, -0.15) is 18.3 Å². The fourth-order valence-corrected chi connectivity index (χ4v) is 3.05. The number of ether oxygens (including phenoxy) is 1. The highest BCUT2D eigenvalue weighted by Gasteiger charge is 2.31. The van der Waals surface area contributed by atoms with E-state index in [9.17, 15) is 22.8 Å². The van der Waals surface area contributed by atoms with Crippen LogP contribution in [0.5, 0.6) is 0 Å². The molecule has 162 valence electrons. The molecule has 1 aromatic heterocycles. The lowest BCUT2D eigenvalue weighted by atomic mass is 9.94. The minimum atomic E-state index is -4.49. The molecular weight excluding hydrogens is 411 g/mol. The van der Waals surface area contributed by atoms with Crippen molar-refractivity contribution in [1.29, 1.82) is 0 Å². The zero-order valence-corrected chi connectivity index (χ0v) is 16.6. The summed E-state index contributed by atoms with van der Waals surface area (Å²) in [6, 6.07) is 15.3. The first kappa shape index (κ1) is 22.1. The van der Waals surface area contributed by atoms with E-state index >= 15 is 0 Å². The first-order chi connectivity index (χ1) is 14.8. The van der Waals surface area contributed by atoms with Crippen molar-refractivity contribution < 1.29 is 27.5 Å². The van der Waals surface area contributed by atoms with E-state index in [1.807, 2.05) is 30.3 Å². The molecule has 9 heteroatoms. The molecule has 1 atom stereocenters. The lowest BCUT2D eigenvalue weighted by Crippen LogP contribution is -2.22. The molecule has 31 heavy (non-hydrogen) atoms. The normalized spacial score (nSPS) is 12.3. The number of benzene rings is 2. The maximum atomic E-state index is 12.8. The Morgan fingerprint density at radius 3 is 2.35 bits per heavy atom. The lowest BCUT2D eigenvalue weighted by Gasteiger charge is -2.15. The van der Waals surface area contributed by atoms with Crippen molar-refractivity contribution in [3.05, 3.63) is 83.6 Å². The largest absolute Gasteiger partial charge is 0.469 e. The second kappa shape index (κ2) is 9.46. The van der Waals surface area contributed by atoms with Crippen LogP contribution >= 0.6 is 0 Å². The highest BCUT2D eigenvalue weighted by Crippen LogP contribution is 2.31. The Bertz CT molecular complexity index is 1030. The zero-order chi connectivity index (χ0) is 22.4. The van der Waals surface area contributed by atoms with Gasteiger partial charge < -0.3 is 10.1 Å². The summed E-state index contributed by atoms with van der Waals surface area (Å²) in [7, 11) is 1.16. The van der Waals surface area contributed by atoms with Gasteiger partial charge in [-0.15, -0.1) is 0 Å². The van der Waals surface area contributed by atoms with E-state index in [4.69, 9.17) is 4.74 Å². The number of methoxy groups -OCH3 is 1. The number of hydrogen-bond donors (Lipinski definition) is 1. The number of amides is 1. The summed E-state index contributed by atoms with van der Waals surface area (Å²) < 4.78 is 44.7. The van der Waals surface area contributed by atoms with Crippen LogP contribution in [-0.2, 0) is 27.0 Å². The van der Waals surface area contributed by atoms with Crippen LogP contribution in [0, 0.1) is 0 Å². The van der Waals surface area contributed by atoms with Crippen LogP contribution < -0.4 is 5.32 Å². The number of hydrogen-bond acceptors (Lipinski definition) is 4. The van der Waals surface area contributed by atoms with Gasteiger partial charge >= 0.3 is 12.1 Å². The maximum absolute atomic E-state index is 12.8. The number of halogens is 3. The molecule has 0 bridgehead atoms. The van der Waals surface area contributed by atoms with Gasteiger partial charge in [0, 0.05) is 18.7 Å². The summed E-state index contributed by atoms with van der Waals surface area (Å²) in [4.78, 5) is 24.6. The summed E-state index contributed by atoms with van der Waals surface area (Å²) in [5, 5.41) is 6.88. The Kier molecular flexibility index (Phi) is 6.74. The van der Waals surface area contributed by atoms with Gasteiger partial charge in [0.25, 0.3) is 0 Å². The monoisotopic (exact) mass is 431 g/mol. The first-order valence-corrected chi connectivity index (χ1v) is 9.38. The number of rotatable bonds is 7. The third-order valence-electron chi connectivity index (χ3n) is 4.61. The second-order valence-electron chi connectivity index (χ2n) is 6.83. The van der Waals surface area contributed by atoms with Gasteiger partial charge in [-0.3, -0.25) is 14.3 Å². The van der Waals surface area contributed by atoms with Crippen LogP contribution in [0.1, 0.15) is 29.0 Å². The first-order valence-electron chi connectivity index (χ1n) is 9.38. The number of anilines is 1. The number of nitrogens with zero attached hydrogens (tertiary/aromatic N) is 2. The van der Waals surface area contributed by atoms with Gasteiger partial charge in [0.05, 0.1) is 25.1 Å². The minimum absolute atomic E-state index is 0.254. The van der Waals surface area contributed by atoms with E-state index in [0.29, 0.717) is 12.4 Å². The summed E-state index contributed by atoms with van der Waals surface area (Å²) >= 11 is 0. The highest BCUT2D eigenvalue weighted by atomic mass is 19.4. The molecule has 0 aliphatic heterocycles. The predicted octanol–water partition coefficient (Wildman–Crippen LogP) is 4.24. The predicted molar refractivity (Wildman–Crippen MR) is 107 cm³/mol. The van der Waals surface area contributed by atoms with Crippen LogP contribution in [-0.4, -0.2) is 28.8 Å². The van der Waals surface area contributed by atoms with E-state index in [0.717, 1.165) is 24.8 Å². The van der Waals surface area contributed by atoms with Gasteiger partial charge in [-0.05, 0) is 23.3 Å². The molecule has 2 aromatic carbocycles. The second-order valence-corrected chi connectivity index (χ2v) is 6.83. The molecule has 1 N–H and O–H groups in total. The molecule has 3 aromatic rings. The van der Waals surface area contributed by atoms with Gasteiger partial charge in [0.2, 0.25) is 5.91 Å². The molecule has 0 radical (unpaired) electrons. The van der Waals surface area contributed by atoms with Gasteiger partial charge in [0.15, 0.2) is 5.82 Å². The fourth-order valence-electron chi connectivity index (χ4n) is 3.05. The molecule has 0 saturated heterocycles. The van der Waals surface area contributed by atoms with E-state index in [1.165, 1.54) is 12.1 Å². The van der Waals surface area contributed by atoms with Crippen molar-refractivity contribution in [3.8, 4) is 0 Å². The molecule has 0 aliphatic carbocycles. The fraction of sp³-hybridized carbons (Fsp3) is 0.227. The van der Waals surface area contributed by atoms with Gasteiger partial charge in [0.1, 0.15) is 0 Å². The molecule has 0 aliphatic rings. The highest BCUT2D eigenvalue weighted by molar-refractivity contribution is 5.94. The molecule has 1 unspecified atom stereocenters. The van der Waals surface area contributed by atoms with Crippen LogP contribution in [0.2, 0.25) is 0 Å². The summed E-state index contributed by atoms with van der Waals surface area (Å²) in [5.74, 6) is -1.97.